The minimum atomic E-state index is -3.67. The Morgan fingerprint density at radius 1 is 0.969 bits per heavy atom. The molecule has 1 amide bonds. The summed E-state index contributed by atoms with van der Waals surface area (Å²) in [5, 5.41) is 2.92. The van der Waals surface area contributed by atoms with Gasteiger partial charge in [-0.25, -0.2) is 8.42 Å². The molecule has 0 radical (unpaired) electrons. The predicted molar refractivity (Wildman–Crippen MR) is 123 cm³/mol. The van der Waals surface area contributed by atoms with Crippen molar-refractivity contribution in [3.63, 3.8) is 0 Å². The Morgan fingerprint density at radius 3 is 2.31 bits per heavy atom. The van der Waals surface area contributed by atoms with E-state index >= 15 is 0 Å². The summed E-state index contributed by atoms with van der Waals surface area (Å²) < 4.78 is 33.5. The number of ether oxygens (including phenoxy) is 1. The number of benzene rings is 3. The van der Waals surface area contributed by atoms with E-state index in [1.807, 2.05) is 38.1 Å². The first-order valence-electron chi connectivity index (χ1n) is 10.5. The number of nitrogens with zero attached hydrogens (tertiary/aromatic N) is 1. The number of nitrogens with one attached hydrogen (secondary N) is 1. The van der Waals surface area contributed by atoms with Crippen molar-refractivity contribution in [2.24, 2.45) is 0 Å². The third kappa shape index (κ3) is 4.84. The molecule has 0 unspecified atom stereocenters. The Balaban J connectivity index is 1.52. The van der Waals surface area contributed by atoms with Crippen LogP contribution in [0.25, 0.3) is 0 Å². The summed E-state index contributed by atoms with van der Waals surface area (Å²) >= 11 is 0. The van der Waals surface area contributed by atoms with Crippen LogP contribution in [0.1, 0.15) is 32.6 Å². The maximum Gasteiger partial charge on any atom is 0.251 e. The molecule has 32 heavy (non-hydrogen) atoms. The number of amides is 1. The van der Waals surface area contributed by atoms with Crippen LogP contribution in [0.4, 0.5) is 0 Å². The van der Waals surface area contributed by atoms with Gasteiger partial charge in [-0.3, -0.25) is 4.79 Å². The minimum absolute atomic E-state index is 0.143. The Hall–Kier alpha value is -3.16. The number of carbonyl (C=O) groups excluding carboxylic acids is 1. The summed E-state index contributed by atoms with van der Waals surface area (Å²) in [6.07, 6.45) is 0. The predicted octanol–water partition coefficient (Wildman–Crippen LogP) is 3.82. The molecule has 1 heterocycles. The van der Waals surface area contributed by atoms with E-state index < -0.39 is 10.0 Å². The fourth-order valence-corrected chi connectivity index (χ4v) is 4.97. The zero-order chi connectivity index (χ0) is 22.7. The molecule has 3 aromatic carbocycles. The van der Waals surface area contributed by atoms with E-state index in [1.165, 1.54) is 4.31 Å². The molecule has 6 nitrogen and oxygen atoms in total. The van der Waals surface area contributed by atoms with Crippen molar-refractivity contribution < 1.29 is 17.9 Å². The molecule has 0 saturated carbocycles. The number of sulfonamides is 1. The molecule has 166 valence electrons. The number of aryl methyl sites for hydroxylation is 2. The van der Waals surface area contributed by atoms with Crippen LogP contribution in [0, 0.1) is 13.8 Å². The van der Waals surface area contributed by atoms with Gasteiger partial charge in [-0.05, 0) is 49.7 Å². The van der Waals surface area contributed by atoms with E-state index in [0.717, 1.165) is 16.7 Å². The largest absolute Gasteiger partial charge is 0.492 e. The lowest BCUT2D eigenvalue weighted by Gasteiger charge is -2.20. The highest BCUT2D eigenvalue weighted by Gasteiger charge is 2.28. The fraction of sp³-hybridized carbons (Fsp3) is 0.240. The van der Waals surface area contributed by atoms with Gasteiger partial charge in [0.05, 0.1) is 4.90 Å². The van der Waals surface area contributed by atoms with Crippen molar-refractivity contribution in [1.29, 1.82) is 0 Å². The molecular weight excluding hydrogens is 424 g/mol. The third-order valence-electron chi connectivity index (χ3n) is 5.50. The Morgan fingerprint density at radius 2 is 1.62 bits per heavy atom. The molecule has 0 saturated heterocycles. The number of carbonyl (C=O) groups is 1. The van der Waals surface area contributed by atoms with E-state index in [-0.39, 0.29) is 30.5 Å². The molecule has 0 fully saturated rings. The van der Waals surface area contributed by atoms with Gasteiger partial charge in [0.15, 0.2) is 0 Å². The van der Waals surface area contributed by atoms with E-state index in [2.05, 4.69) is 5.32 Å². The quantitative estimate of drug-likeness (QED) is 0.641. The third-order valence-corrected chi connectivity index (χ3v) is 7.36. The standard InChI is InChI=1S/C25H26N2O4S/c1-18-3-7-20(8-4-18)16-26-25(28)21-9-12-24-22(15-21)17-27(13-14-31-24)32(29,30)23-10-5-19(2)6-11-23/h3-12,15H,13-14,16-17H2,1-2H3,(H,26,28). The summed E-state index contributed by atoms with van der Waals surface area (Å²) in [6.45, 7) is 4.97. The first kappa shape index (κ1) is 22.0. The van der Waals surface area contributed by atoms with Gasteiger partial charge < -0.3 is 10.1 Å². The van der Waals surface area contributed by atoms with Gasteiger partial charge in [0.1, 0.15) is 12.4 Å². The molecule has 7 heteroatoms. The summed E-state index contributed by atoms with van der Waals surface area (Å²) in [4.78, 5) is 13.0. The Labute approximate surface area is 188 Å². The van der Waals surface area contributed by atoms with Crippen molar-refractivity contribution in [3.8, 4) is 5.75 Å². The zero-order valence-corrected chi connectivity index (χ0v) is 19.0. The molecule has 0 aliphatic carbocycles. The van der Waals surface area contributed by atoms with Gasteiger partial charge in [-0.1, -0.05) is 47.5 Å². The highest BCUT2D eigenvalue weighted by Crippen LogP contribution is 2.28. The van der Waals surface area contributed by atoms with Gasteiger partial charge in [0, 0.05) is 30.8 Å². The van der Waals surface area contributed by atoms with Crippen LogP contribution in [-0.2, 0) is 23.1 Å². The second-order valence-corrected chi connectivity index (χ2v) is 9.93. The molecule has 0 spiro atoms. The van der Waals surface area contributed by atoms with Crippen LogP contribution in [0.3, 0.4) is 0 Å². The highest BCUT2D eigenvalue weighted by atomic mass is 32.2. The molecule has 1 N–H and O–H groups in total. The van der Waals surface area contributed by atoms with Gasteiger partial charge in [0.2, 0.25) is 10.0 Å². The topological polar surface area (TPSA) is 75.7 Å². The fourth-order valence-electron chi connectivity index (χ4n) is 3.57. The summed E-state index contributed by atoms with van der Waals surface area (Å²) in [5.74, 6) is 0.382. The lowest BCUT2D eigenvalue weighted by molar-refractivity contribution is 0.0950. The summed E-state index contributed by atoms with van der Waals surface area (Å²) in [7, 11) is -3.67. The minimum Gasteiger partial charge on any atom is -0.492 e. The van der Waals surface area contributed by atoms with E-state index in [4.69, 9.17) is 4.74 Å². The summed E-state index contributed by atoms with van der Waals surface area (Å²) in [5.41, 5.74) is 4.30. The monoisotopic (exact) mass is 450 g/mol. The zero-order valence-electron chi connectivity index (χ0n) is 18.2. The number of hydrogen-bond acceptors (Lipinski definition) is 4. The molecule has 1 aliphatic heterocycles. The SMILES string of the molecule is Cc1ccc(CNC(=O)c2ccc3c(c2)CN(S(=O)(=O)c2ccc(C)cc2)CCO3)cc1. The normalized spacial score (nSPS) is 14.2. The second-order valence-electron chi connectivity index (χ2n) is 7.99. The maximum absolute atomic E-state index is 13.2. The first-order chi connectivity index (χ1) is 15.3. The van der Waals surface area contributed by atoms with Gasteiger partial charge in [-0.2, -0.15) is 4.31 Å². The number of hydrogen-bond donors (Lipinski definition) is 1. The van der Waals surface area contributed by atoms with Crippen molar-refractivity contribution in [2.75, 3.05) is 13.2 Å². The Kier molecular flexibility index (Phi) is 6.30. The molecule has 4 rings (SSSR count). The first-order valence-corrected chi connectivity index (χ1v) is 11.9. The average molecular weight is 451 g/mol. The van der Waals surface area contributed by atoms with E-state index in [0.29, 0.717) is 23.4 Å². The van der Waals surface area contributed by atoms with Crippen LogP contribution in [-0.4, -0.2) is 31.8 Å². The lowest BCUT2D eigenvalue weighted by Crippen LogP contribution is -2.32. The smallest absolute Gasteiger partial charge is 0.251 e. The molecule has 1 aliphatic rings. The average Bonchev–Trinajstić information content (AvgIpc) is 3.01. The Bertz CT molecular complexity index is 1220. The molecule has 0 aromatic heterocycles. The van der Waals surface area contributed by atoms with Crippen LogP contribution in [0.15, 0.2) is 71.6 Å². The summed E-state index contributed by atoms with van der Waals surface area (Å²) in [6, 6.07) is 19.9. The van der Waals surface area contributed by atoms with E-state index in [9.17, 15) is 13.2 Å². The van der Waals surface area contributed by atoms with Crippen LogP contribution in [0.5, 0.6) is 5.75 Å². The molecular formula is C25H26N2O4S. The molecule has 3 aromatic rings. The maximum atomic E-state index is 13.2. The van der Waals surface area contributed by atoms with Gasteiger partial charge in [0.25, 0.3) is 5.91 Å². The van der Waals surface area contributed by atoms with Crippen molar-refractivity contribution >= 4 is 15.9 Å². The molecule has 0 bridgehead atoms. The van der Waals surface area contributed by atoms with E-state index in [1.54, 1.807) is 42.5 Å². The molecule has 0 atom stereocenters. The van der Waals surface area contributed by atoms with Crippen molar-refractivity contribution in [2.45, 2.75) is 31.8 Å². The van der Waals surface area contributed by atoms with Crippen molar-refractivity contribution in [1.82, 2.24) is 9.62 Å². The van der Waals surface area contributed by atoms with Crippen molar-refractivity contribution in [3.05, 3.63) is 94.5 Å². The number of fused-ring (bicyclic) bond motifs is 1. The van der Waals surface area contributed by atoms with Crippen LogP contribution >= 0.6 is 0 Å². The number of rotatable bonds is 5. The second kappa shape index (κ2) is 9.14. The lowest BCUT2D eigenvalue weighted by atomic mass is 10.1. The van der Waals surface area contributed by atoms with Gasteiger partial charge >= 0.3 is 0 Å². The van der Waals surface area contributed by atoms with Gasteiger partial charge in [-0.15, -0.1) is 0 Å². The van der Waals surface area contributed by atoms with Crippen LogP contribution in [0.2, 0.25) is 0 Å². The highest BCUT2D eigenvalue weighted by molar-refractivity contribution is 7.89. The van der Waals surface area contributed by atoms with Crippen LogP contribution < -0.4 is 10.1 Å².